The Labute approximate surface area is 234 Å². The van der Waals surface area contributed by atoms with E-state index in [9.17, 15) is 39.6 Å². The molecule has 1 aromatic rings. The molecule has 1 fully saturated rings. The van der Waals surface area contributed by atoms with Crippen molar-refractivity contribution in [2.75, 3.05) is 25.0 Å². The Morgan fingerprint density at radius 2 is 1.85 bits per heavy atom. The Morgan fingerprint density at radius 3 is 2.46 bits per heavy atom. The molecule has 4 aliphatic rings. The van der Waals surface area contributed by atoms with Crippen LogP contribution in [0.25, 0.3) is 0 Å². The van der Waals surface area contributed by atoms with Crippen LogP contribution in [0.5, 0.6) is 5.75 Å². The third kappa shape index (κ3) is 4.48. The van der Waals surface area contributed by atoms with Crippen LogP contribution in [0.4, 0.5) is 10.1 Å². The second kappa shape index (κ2) is 10.2. The number of allylic oxidation sites excluding steroid dienone is 1. The van der Waals surface area contributed by atoms with E-state index in [1.54, 1.807) is 13.8 Å². The Bertz CT molecular complexity index is 1430. The summed E-state index contributed by atoms with van der Waals surface area (Å²) in [5, 5.41) is 50.3. The van der Waals surface area contributed by atoms with Crippen molar-refractivity contribution in [3.05, 3.63) is 45.7 Å². The quantitative estimate of drug-likeness (QED) is 0.188. The lowest BCUT2D eigenvalue weighted by molar-refractivity contribution is -0.146. The Morgan fingerprint density at radius 1 is 1.20 bits per heavy atom. The summed E-state index contributed by atoms with van der Waals surface area (Å²) in [7, 11) is 0. The van der Waals surface area contributed by atoms with Gasteiger partial charge in [-0.2, -0.15) is 0 Å². The Kier molecular flexibility index (Phi) is 7.16. The fourth-order valence-electron chi connectivity index (χ4n) is 6.68. The van der Waals surface area contributed by atoms with Gasteiger partial charge in [0, 0.05) is 29.2 Å². The van der Waals surface area contributed by atoms with Gasteiger partial charge in [0.1, 0.15) is 22.9 Å². The minimum absolute atomic E-state index is 0.0186. The zero-order valence-electron chi connectivity index (χ0n) is 22.7. The highest BCUT2D eigenvalue weighted by molar-refractivity contribution is 6.25. The molecule has 1 aliphatic heterocycles. The number of Topliss-reactive ketones (excluding diaryl/α,β-unsaturated/α-hetero) is 2. The molecule has 12 nitrogen and oxygen atoms in total. The molecule has 0 bridgehead atoms. The molecule has 220 valence electrons. The van der Waals surface area contributed by atoms with Crippen LogP contribution < -0.4 is 16.4 Å². The van der Waals surface area contributed by atoms with E-state index in [4.69, 9.17) is 5.73 Å². The molecular formula is C28H33FN4O8. The lowest BCUT2D eigenvalue weighted by Crippen LogP contribution is -2.64. The number of nitrogens with two attached hydrogens (primary N) is 1. The van der Waals surface area contributed by atoms with Gasteiger partial charge in [0.25, 0.3) is 5.91 Å². The Balaban J connectivity index is 1.57. The van der Waals surface area contributed by atoms with Gasteiger partial charge in [-0.05, 0) is 44.7 Å². The number of fused-ring (bicyclic) bond motifs is 3. The summed E-state index contributed by atoms with van der Waals surface area (Å²) < 4.78 is 15.4. The van der Waals surface area contributed by atoms with Crippen molar-refractivity contribution >= 4 is 29.1 Å². The second-order valence-electron chi connectivity index (χ2n) is 11.5. The minimum atomic E-state index is -2.81. The van der Waals surface area contributed by atoms with E-state index in [1.165, 1.54) is 0 Å². The van der Waals surface area contributed by atoms with E-state index < -0.39 is 86.7 Å². The van der Waals surface area contributed by atoms with E-state index in [1.807, 2.05) is 4.90 Å². The zero-order valence-corrected chi connectivity index (χ0v) is 22.7. The van der Waals surface area contributed by atoms with Crippen molar-refractivity contribution in [2.24, 2.45) is 17.6 Å². The molecule has 4 atom stereocenters. The first kappa shape index (κ1) is 28.7. The van der Waals surface area contributed by atoms with Crippen LogP contribution in [0.1, 0.15) is 49.0 Å². The van der Waals surface area contributed by atoms with Crippen molar-refractivity contribution < 1.29 is 44.0 Å². The normalized spacial score (nSPS) is 28.1. The van der Waals surface area contributed by atoms with Gasteiger partial charge in [0.15, 0.2) is 17.1 Å². The number of primary amides is 1. The first-order valence-electron chi connectivity index (χ1n) is 13.6. The molecule has 13 heteroatoms. The third-order valence-electron chi connectivity index (χ3n) is 8.50. The van der Waals surface area contributed by atoms with Crippen LogP contribution in [0.15, 0.2) is 28.7 Å². The number of likely N-dealkylation sites (tertiary alicyclic amines) is 1. The van der Waals surface area contributed by atoms with Gasteiger partial charge in [-0.15, -0.1) is 0 Å². The maximum absolute atomic E-state index is 15.4. The number of nitrogens with one attached hydrogen (secondary N) is 2. The fourth-order valence-corrected chi connectivity index (χ4v) is 6.68. The van der Waals surface area contributed by atoms with Crippen LogP contribution >= 0.6 is 0 Å². The van der Waals surface area contributed by atoms with E-state index in [-0.39, 0.29) is 36.7 Å². The molecule has 5 rings (SSSR count). The van der Waals surface area contributed by atoms with Crippen molar-refractivity contribution in [3.8, 4) is 5.75 Å². The Hall–Kier alpha value is -3.81. The van der Waals surface area contributed by atoms with Crippen LogP contribution in [-0.4, -0.2) is 86.0 Å². The van der Waals surface area contributed by atoms with Gasteiger partial charge in [-0.25, -0.2) is 4.39 Å². The molecule has 1 heterocycles. The number of amides is 2. The summed E-state index contributed by atoms with van der Waals surface area (Å²) >= 11 is 0. The van der Waals surface area contributed by atoms with Gasteiger partial charge in [-0.3, -0.25) is 24.1 Å². The van der Waals surface area contributed by atoms with Crippen LogP contribution in [0.2, 0.25) is 0 Å². The minimum Gasteiger partial charge on any atom is -0.510 e. The van der Waals surface area contributed by atoms with E-state index in [0.29, 0.717) is 0 Å². The summed E-state index contributed by atoms with van der Waals surface area (Å²) in [6, 6.07) is -0.590. The molecule has 1 aromatic carbocycles. The van der Waals surface area contributed by atoms with Crippen molar-refractivity contribution in [2.45, 2.75) is 57.2 Å². The average molecular weight is 573 g/mol. The molecule has 41 heavy (non-hydrogen) atoms. The smallest absolute Gasteiger partial charge is 0.255 e. The first-order chi connectivity index (χ1) is 19.3. The fraction of sp³-hybridized carbons (Fsp3) is 0.500. The average Bonchev–Trinajstić information content (AvgIpc) is 3.39. The highest BCUT2D eigenvalue weighted by Crippen LogP contribution is 2.52. The van der Waals surface area contributed by atoms with Crippen molar-refractivity contribution in [1.29, 1.82) is 0 Å². The third-order valence-corrected chi connectivity index (χ3v) is 8.50. The number of benzene rings is 1. The van der Waals surface area contributed by atoms with E-state index in [0.717, 1.165) is 32.0 Å². The van der Waals surface area contributed by atoms with Crippen LogP contribution in [-0.2, 0) is 20.8 Å². The highest BCUT2D eigenvalue weighted by atomic mass is 19.1. The van der Waals surface area contributed by atoms with Gasteiger partial charge in [0.05, 0.1) is 23.8 Å². The molecule has 8 N–H and O–H groups in total. The summed E-state index contributed by atoms with van der Waals surface area (Å²) in [4.78, 5) is 53.7. The van der Waals surface area contributed by atoms with Crippen molar-refractivity contribution in [1.82, 2.24) is 10.2 Å². The summed E-state index contributed by atoms with van der Waals surface area (Å²) in [5.74, 6) is -9.71. The number of halogens is 1. The number of aliphatic hydroxyl groups is 3. The second-order valence-corrected chi connectivity index (χ2v) is 11.5. The number of phenolic OH excluding ortho intramolecular Hbond substituents is 1. The molecule has 0 radical (unpaired) electrons. The number of ketones is 2. The zero-order chi connectivity index (χ0) is 30.0. The molecule has 2 amide bonds. The number of hydrogen-bond donors (Lipinski definition) is 7. The van der Waals surface area contributed by atoms with Crippen LogP contribution in [0.3, 0.4) is 0 Å². The number of carbonyl (C=O) groups is 4. The van der Waals surface area contributed by atoms with Crippen molar-refractivity contribution in [3.63, 3.8) is 0 Å². The molecule has 1 saturated heterocycles. The molecular weight excluding hydrogens is 539 g/mol. The number of anilines is 1. The monoisotopic (exact) mass is 572 g/mol. The SMILES string of the molecule is CC(C)N[C@@H]1C(O)=C(C(N)=O)C(=O)[C@@]2(O)C(O)=C3C(=O)c4c(O)c(NC(=O)CN5CCCC5)cc(F)c4C[C@H]3C[C@@H]12. The maximum Gasteiger partial charge on any atom is 0.255 e. The van der Waals surface area contributed by atoms with Gasteiger partial charge in [-0.1, -0.05) is 13.8 Å². The lowest BCUT2D eigenvalue weighted by Gasteiger charge is -2.49. The van der Waals surface area contributed by atoms with E-state index >= 15 is 4.39 Å². The predicted molar refractivity (Wildman–Crippen MR) is 143 cm³/mol. The van der Waals surface area contributed by atoms with Gasteiger partial charge < -0.3 is 36.8 Å². The molecule has 0 spiro atoms. The standard InChI is InChI=1S/C28H33FN4O8/c1-11(2)31-21-14-8-12-7-13-15(29)9-16(32-17(34)10-33-5-3-4-6-33)22(35)19(13)23(36)18(12)25(38)28(14,41)26(39)20(24(21)37)27(30)40/h9,11-12,14,21,31,35,37-38,41H,3-8,10H2,1-2H3,(H2,30,40)(H,32,34)/t12-,14-,21-,28-/m0/s1. The summed E-state index contributed by atoms with van der Waals surface area (Å²) in [6.07, 6.45) is 1.53. The number of nitrogens with zero attached hydrogens (tertiary/aromatic N) is 1. The topological polar surface area (TPSA) is 203 Å². The predicted octanol–water partition coefficient (Wildman–Crippen LogP) is 0.730. The molecule has 3 aliphatic carbocycles. The van der Waals surface area contributed by atoms with Crippen LogP contribution in [0, 0.1) is 17.7 Å². The number of phenols is 1. The van der Waals surface area contributed by atoms with E-state index in [2.05, 4.69) is 10.6 Å². The number of aromatic hydroxyl groups is 1. The first-order valence-corrected chi connectivity index (χ1v) is 13.6. The number of carbonyl (C=O) groups excluding carboxylic acids is 4. The highest BCUT2D eigenvalue weighted by Gasteiger charge is 2.63. The molecule has 0 aromatic heterocycles. The lowest BCUT2D eigenvalue weighted by atomic mass is 9.58. The summed E-state index contributed by atoms with van der Waals surface area (Å²) in [6.45, 7) is 4.91. The molecule has 0 unspecified atom stereocenters. The largest absolute Gasteiger partial charge is 0.510 e. The number of hydrogen-bond acceptors (Lipinski definition) is 10. The molecule has 0 saturated carbocycles. The maximum atomic E-state index is 15.4. The summed E-state index contributed by atoms with van der Waals surface area (Å²) in [5.41, 5.74) is 0.218. The van der Waals surface area contributed by atoms with Gasteiger partial charge in [0.2, 0.25) is 11.7 Å². The van der Waals surface area contributed by atoms with Gasteiger partial charge >= 0.3 is 0 Å². The number of rotatable bonds is 6. The number of aliphatic hydroxyl groups excluding tert-OH is 2.